The number of thiophene rings is 1. The van der Waals surface area contributed by atoms with Crippen molar-refractivity contribution < 1.29 is 9.90 Å². The van der Waals surface area contributed by atoms with Crippen LogP contribution in [-0.2, 0) is 17.6 Å². The lowest BCUT2D eigenvalue weighted by Gasteiger charge is -2.23. The van der Waals surface area contributed by atoms with Gasteiger partial charge < -0.3 is 5.11 Å². The Kier molecular flexibility index (Phi) is 3.77. The molecule has 0 bridgehead atoms. The second-order valence-corrected chi connectivity index (χ2v) is 8.46. The van der Waals surface area contributed by atoms with Crippen molar-refractivity contribution in [2.45, 2.75) is 25.9 Å². The van der Waals surface area contributed by atoms with Gasteiger partial charge in [0, 0.05) is 21.0 Å². The molecule has 0 spiro atoms. The first-order chi connectivity index (χ1) is 13.0. The molecule has 2 atom stereocenters. The third-order valence-electron chi connectivity index (χ3n) is 5.35. The highest BCUT2D eigenvalue weighted by molar-refractivity contribution is 7.17. The molecule has 1 aromatic carbocycles. The van der Waals surface area contributed by atoms with E-state index in [1.54, 1.807) is 11.3 Å². The average Bonchev–Trinajstić information content (AvgIpc) is 3.27. The number of hydrogen-bond donors (Lipinski definition) is 2. The maximum absolute atomic E-state index is 11.6. The minimum absolute atomic E-state index is 0.0298. The van der Waals surface area contributed by atoms with E-state index >= 15 is 0 Å². The van der Waals surface area contributed by atoms with E-state index < -0.39 is 5.97 Å². The van der Waals surface area contributed by atoms with Crippen LogP contribution < -0.4 is 10.3 Å². The third-order valence-corrected chi connectivity index (χ3v) is 6.93. The predicted octanol–water partition coefficient (Wildman–Crippen LogP) is 3.12. The highest BCUT2D eigenvalue weighted by Crippen LogP contribution is 2.46. The molecule has 0 radical (unpaired) electrons. The average molecular weight is 401 g/mol. The van der Waals surface area contributed by atoms with Gasteiger partial charge in [0.15, 0.2) is 0 Å². The number of hydrazone groups is 1. The molecular weight excluding hydrogens is 384 g/mol. The van der Waals surface area contributed by atoms with Crippen LogP contribution in [0.5, 0.6) is 0 Å². The molecule has 2 aliphatic heterocycles. The van der Waals surface area contributed by atoms with Crippen LogP contribution in [0, 0.1) is 5.92 Å². The number of amidine groups is 1. The summed E-state index contributed by atoms with van der Waals surface area (Å²) < 4.78 is 0. The van der Waals surface area contributed by atoms with Crippen LogP contribution >= 0.6 is 22.9 Å². The second kappa shape index (κ2) is 6.07. The van der Waals surface area contributed by atoms with Crippen molar-refractivity contribution in [3.8, 4) is 0 Å². The Labute approximate surface area is 165 Å². The minimum Gasteiger partial charge on any atom is -0.481 e. The van der Waals surface area contributed by atoms with E-state index in [-0.39, 0.29) is 12.1 Å². The van der Waals surface area contributed by atoms with E-state index in [1.165, 1.54) is 0 Å². The summed E-state index contributed by atoms with van der Waals surface area (Å²) in [5.41, 5.74) is 7.01. The Bertz CT molecular complexity index is 1030. The van der Waals surface area contributed by atoms with Crippen LogP contribution in [-0.4, -0.2) is 35.3 Å². The summed E-state index contributed by atoms with van der Waals surface area (Å²) in [5.74, 6) is -0.211. The van der Waals surface area contributed by atoms with E-state index in [9.17, 15) is 9.90 Å². The molecule has 1 aromatic heterocycles. The van der Waals surface area contributed by atoms with E-state index in [0.29, 0.717) is 24.4 Å². The lowest BCUT2D eigenvalue weighted by atomic mass is 9.97. The van der Waals surface area contributed by atoms with E-state index in [2.05, 4.69) is 15.4 Å². The number of carbonyl (C=O) groups is 1. The lowest BCUT2D eigenvalue weighted by molar-refractivity contribution is -0.141. The fraction of sp³-hybridized carbons (Fsp3) is 0.316. The van der Waals surface area contributed by atoms with Gasteiger partial charge in [0.2, 0.25) is 0 Å². The zero-order chi connectivity index (χ0) is 18.7. The molecule has 8 heteroatoms. The first kappa shape index (κ1) is 16.8. The number of anilines is 1. The molecule has 1 aliphatic carbocycles. The zero-order valence-corrected chi connectivity index (χ0v) is 16.1. The molecule has 0 fully saturated rings. The van der Waals surface area contributed by atoms with Gasteiger partial charge in [-0.3, -0.25) is 20.1 Å². The number of rotatable bonds is 2. The Balaban J connectivity index is 1.72. The Morgan fingerprint density at radius 1 is 1.37 bits per heavy atom. The molecule has 27 heavy (non-hydrogen) atoms. The number of nitrogens with one attached hydrogen (secondary N) is 1. The molecule has 1 unspecified atom stereocenters. The van der Waals surface area contributed by atoms with Gasteiger partial charge in [0.05, 0.1) is 18.2 Å². The van der Waals surface area contributed by atoms with E-state index in [1.807, 2.05) is 31.2 Å². The van der Waals surface area contributed by atoms with Crippen LogP contribution in [0.15, 0.2) is 34.4 Å². The molecular formula is C19H17ClN4O2S. The first-order valence-corrected chi connectivity index (χ1v) is 10.00. The number of nitrogens with zero attached hydrogens (tertiary/aromatic N) is 3. The third kappa shape index (κ3) is 2.49. The number of hydrogen-bond acceptors (Lipinski definition) is 6. The minimum atomic E-state index is -0.740. The summed E-state index contributed by atoms with van der Waals surface area (Å²) in [4.78, 5) is 19.8. The smallest absolute Gasteiger partial charge is 0.307 e. The molecule has 3 heterocycles. The molecule has 138 valence electrons. The molecule has 3 aliphatic rings. The molecule has 5 rings (SSSR count). The summed E-state index contributed by atoms with van der Waals surface area (Å²) in [6, 6.07) is 7.69. The number of fused-ring (bicyclic) bond motifs is 5. The summed E-state index contributed by atoms with van der Waals surface area (Å²) in [7, 11) is 0. The van der Waals surface area contributed by atoms with Crippen molar-refractivity contribution in [3.05, 3.63) is 50.9 Å². The van der Waals surface area contributed by atoms with Crippen molar-refractivity contribution in [2.24, 2.45) is 16.0 Å². The standard InChI is InChI=1S/C19H17ClN4O2S/c1-9-22-23-15-8-21-17(11-4-2-3-5-13(11)20)16-12-6-10(19(25)26)7-14(12)27-18(16)24(9)15/h2-5,10,15,23H,6-8H2,1H3,(H,25,26)/t10-,15?/m0/s1. The number of aliphatic carboxylic acids is 1. The highest BCUT2D eigenvalue weighted by atomic mass is 35.5. The van der Waals surface area contributed by atoms with Crippen molar-refractivity contribution >= 4 is 45.5 Å². The topological polar surface area (TPSA) is 77.3 Å². The fourth-order valence-corrected chi connectivity index (χ4v) is 5.79. The van der Waals surface area contributed by atoms with Crippen LogP contribution in [0.1, 0.15) is 28.5 Å². The van der Waals surface area contributed by atoms with Crippen LogP contribution in [0.2, 0.25) is 5.02 Å². The lowest BCUT2D eigenvalue weighted by Crippen LogP contribution is -2.41. The van der Waals surface area contributed by atoms with E-state index in [4.69, 9.17) is 16.6 Å². The fourth-order valence-electron chi connectivity index (χ4n) is 4.06. The number of carboxylic acids is 1. The maximum atomic E-state index is 11.6. The van der Waals surface area contributed by atoms with Crippen LogP contribution in [0.4, 0.5) is 5.00 Å². The molecule has 2 aromatic rings. The van der Waals surface area contributed by atoms with Crippen LogP contribution in [0.3, 0.4) is 0 Å². The monoisotopic (exact) mass is 400 g/mol. The van der Waals surface area contributed by atoms with Crippen molar-refractivity contribution in [3.63, 3.8) is 0 Å². The summed E-state index contributed by atoms with van der Waals surface area (Å²) in [5, 5.41) is 15.6. The van der Waals surface area contributed by atoms with Gasteiger partial charge in [-0.25, -0.2) is 0 Å². The van der Waals surface area contributed by atoms with Gasteiger partial charge in [-0.1, -0.05) is 29.8 Å². The van der Waals surface area contributed by atoms with Gasteiger partial charge >= 0.3 is 5.97 Å². The Morgan fingerprint density at radius 3 is 2.96 bits per heavy atom. The van der Waals surface area contributed by atoms with Crippen LogP contribution in [0.25, 0.3) is 0 Å². The van der Waals surface area contributed by atoms with Crippen molar-refractivity contribution in [1.82, 2.24) is 5.43 Å². The van der Waals surface area contributed by atoms with Gasteiger partial charge in [-0.2, -0.15) is 5.10 Å². The number of carboxylic acid groups (broad SMARTS) is 1. The number of benzene rings is 1. The molecule has 0 saturated heterocycles. The van der Waals surface area contributed by atoms with Gasteiger partial charge in [0.25, 0.3) is 0 Å². The Hall–Kier alpha value is -2.38. The van der Waals surface area contributed by atoms with Gasteiger partial charge in [0.1, 0.15) is 17.0 Å². The first-order valence-electron chi connectivity index (χ1n) is 8.80. The number of halogens is 1. The summed E-state index contributed by atoms with van der Waals surface area (Å²) in [6.45, 7) is 2.52. The quantitative estimate of drug-likeness (QED) is 0.811. The predicted molar refractivity (Wildman–Crippen MR) is 107 cm³/mol. The second-order valence-electron chi connectivity index (χ2n) is 6.97. The van der Waals surface area contributed by atoms with Crippen molar-refractivity contribution in [2.75, 3.05) is 11.4 Å². The van der Waals surface area contributed by atoms with Crippen molar-refractivity contribution in [1.29, 1.82) is 0 Å². The molecule has 0 saturated carbocycles. The summed E-state index contributed by atoms with van der Waals surface area (Å²) in [6.07, 6.45) is 1.07. The largest absolute Gasteiger partial charge is 0.481 e. The SMILES string of the molecule is CC1=NNC2CN=C(c3ccccc3Cl)c3c(sc4c3C[C@H](C(=O)O)C4)N12. The Morgan fingerprint density at radius 2 is 2.19 bits per heavy atom. The number of aliphatic imine (C=N–C) groups is 1. The highest BCUT2D eigenvalue weighted by Gasteiger charge is 2.40. The molecule has 6 nitrogen and oxygen atoms in total. The zero-order valence-electron chi connectivity index (χ0n) is 14.6. The summed E-state index contributed by atoms with van der Waals surface area (Å²) >= 11 is 8.16. The maximum Gasteiger partial charge on any atom is 0.307 e. The molecule has 2 N–H and O–H groups in total. The normalized spacial score (nSPS) is 23.0. The van der Waals surface area contributed by atoms with E-state index in [0.717, 1.165) is 38.1 Å². The van der Waals surface area contributed by atoms with Gasteiger partial charge in [-0.15, -0.1) is 11.3 Å². The molecule has 0 amide bonds. The van der Waals surface area contributed by atoms with Gasteiger partial charge in [-0.05, 0) is 31.4 Å².